The van der Waals surface area contributed by atoms with Crippen molar-refractivity contribution in [1.29, 1.82) is 0 Å². The van der Waals surface area contributed by atoms with Crippen molar-refractivity contribution in [3.63, 3.8) is 0 Å². The van der Waals surface area contributed by atoms with Gasteiger partial charge in [-0.05, 0) is 85.4 Å². The lowest BCUT2D eigenvalue weighted by molar-refractivity contribution is -0.115. The number of carbonyl (C=O) groups is 1. The van der Waals surface area contributed by atoms with Crippen LogP contribution in [0.4, 0.5) is 0 Å². The number of ketones is 1. The molecule has 0 amide bonds. The van der Waals surface area contributed by atoms with Crippen LogP contribution in [0.3, 0.4) is 0 Å². The highest BCUT2D eigenvalue weighted by Gasteiger charge is 2.62. The molecule has 2 nitrogen and oxygen atoms in total. The Morgan fingerprint density at radius 3 is 2.53 bits per heavy atom. The number of nitrogens with two attached hydrogens (primary N) is 1. The number of hydrogen-bond donors (Lipinski definition) is 1. The summed E-state index contributed by atoms with van der Waals surface area (Å²) >= 11 is 0. The smallest absolute Gasteiger partial charge is 0.165 e. The molecule has 5 rings (SSSR count). The third kappa shape index (κ3) is 2.96. The SMILES string of the molecule is CC(C(=O)c1ccccc1)[C@H]1CC(N)[C@H]2[C@@H]3CCC4CCCC[C@]4(C)[C@H]3CC[C@]12C. The Labute approximate surface area is 183 Å². The van der Waals surface area contributed by atoms with Crippen LogP contribution in [0.5, 0.6) is 0 Å². The van der Waals surface area contributed by atoms with Gasteiger partial charge < -0.3 is 5.73 Å². The normalized spacial score (nSPS) is 46.4. The molecular formula is C28H41NO. The molecule has 0 saturated heterocycles. The second-order valence-electron chi connectivity index (χ2n) is 11.9. The molecule has 0 aliphatic heterocycles. The van der Waals surface area contributed by atoms with Gasteiger partial charge in [0.1, 0.15) is 0 Å². The molecule has 2 N–H and O–H groups in total. The molecule has 0 bridgehead atoms. The molecule has 0 radical (unpaired) electrons. The molecule has 0 heterocycles. The van der Waals surface area contributed by atoms with E-state index in [1.54, 1.807) is 0 Å². The highest BCUT2D eigenvalue weighted by molar-refractivity contribution is 5.97. The fourth-order valence-corrected chi connectivity index (χ4v) is 9.34. The summed E-state index contributed by atoms with van der Waals surface area (Å²) in [4.78, 5) is 13.3. The van der Waals surface area contributed by atoms with Crippen LogP contribution in [-0.4, -0.2) is 11.8 Å². The van der Waals surface area contributed by atoms with Crippen LogP contribution in [0.1, 0.15) is 88.9 Å². The largest absolute Gasteiger partial charge is 0.327 e. The minimum atomic E-state index is 0.0617. The molecule has 0 spiro atoms. The fourth-order valence-electron chi connectivity index (χ4n) is 9.34. The minimum absolute atomic E-state index is 0.0617. The number of carbonyl (C=O) groups excluding carboxylic acids is 1. The van der Waals surface area contributed by atoms with Crippen molar-refractivity contribution in [2.45, 2.75) is 84.6 Å². The Morgan fingerprint density at radius 2 is 1.77 bits per heavy atom. The first-order chi connectivity index (χ1) is 14.4. The van der Waals surface area contributed by atoms with Gasteiger partial charge in [-0.2, -0.15) is 0 Å². The Balaban J connectivity index is 1.42. The average Bonchev–Trinajstić information content (AvgIpc) is 3.03. The van der Waals surface area contributed by atoms with Crippen molar-refractivity contribution < 1.29 is 4.79 Å². The van der Waals surface area contributed by atoms with Gasteiger partial charge in [-0.1, -0.05) is 63.9 Å². The standard InChI is InChI=1S/C28H41NO/c1-18(26(30)19-9-5-4-6-10-19)23-17-24(29)25-21-13-12-20-11-7-8-15-27(20,2)22(21)14-16-28(23,25)3/h4-6,9-10,18,20-25H,7-8,11-17,29H2,1-3H3/t18?,20?,21-,22+,23-,24?,25-,27+,28-/m1/s1. The van der Waals surface area contributed by atoms with Gasteiger partial charge in [0.15, 0.2) is 5.78 Å². The highest BCUT2D eigenvalue weighted by atomic mass is 16.1. The third-order valence-corrected chi connectivity index (χ3v) is 10.8. The number of fused-ring (bicyclic) bond motifs is 5. The summed E-state index contributed by atoms with van der Waals surface area (Å²) in [6, 6.07) is 10.2. The molecule has 164 valence electrons. The number of rotatable bonds is 3. The summed E-state index contributed by atoms with van der Waals surface area (Å²) in [5.41, 5.74) is 8.59. The predicted molar refractivity (Wildman–Crippen MR) is 123 cm³/mol. The van der Waals surface area contributed by atoms with E-state index < -0.39 is 0 Å². The maximum atomic E-state index is 13.3. The van der Waals surface area contributed by atoms with Crippen molar-refractivity contribution in [2.24, 2.45) is 52.1 Å². The zero-order chi connectivity index (χ0) is 21.1. The maximum absolute atomic E-state index is 13.3. The van der Waals surface area contributed by atoms with Gasteiger partial charge in [0.2, 0.25) is 0 Å². The molecule has 1 aromatic rings. The van der Waals surface area contributed by atoms with Crippen LogP contribution in [0.25, 0.3) is 0 Å². The summed E-state index contributed by atoms with van der Waals surface area (Å²) in [5, 5.41) is 0. The van der Waals surface area contributed by atoms with E-state index in [0.29, 0.717) is 23.0 Å². The summed E-state index contributed by atoms with van der Waals surface area (Å²) in [5.74, 6) is 3.99. The monoisotopic (exact) mass is 407 g/mol. The van der Waals surface area contributed by atoms with Gasteiger partial charge in [-0.3, -0.25) is 4.79 Å². The van der Waals surface area contributed by atoms with Crippen molar-refractivity contribution >= 4 is 5.78 Å². The number of benzene rings is 1. The molecule has 4 fully saturated rings. The molecule has 9 atom stereocenters. The second-order valence-corrected chi connectivity index (χ2v) is 11.9. The number of hydrogen-bond acceptors (Lipinski definition) is 2. The highest BCUT2D eigenvalue weighted by Crippen LogP contribution is 2.68. The zero-order valence-corrected chi connectivity index (χ0v) is 19.3. The van der Waals surface area contributed by atoms with E-state index in [-0.39, 0.29) is 17.4 Å². The zero-order valence-electron chi connectivity index (χ0n) is 19.3. The van der Waals surface area contributed by atoms with E-state index in [1.807, 2.05) is 30.3 Å². The molecule has 0 aromatic heterocycles. The van der Waals surface area contributed by atoms with E-state index in [4.69, 9.17) is 5.73 Å². The average molecular weight is 408 g/mol. The van der Waals surface area contributed by atoms with E-state index in [9.17, 15) is 4.79 Å². The van der Waals surface area contributed by atoms with Gasteiger partial charge in [-0.25, -0.2) is 0 Å². The summed E-state index contributed by atoms with van der Waals surface area (Å²) < 4.78 is 0. The quantitative estimate of drug-likeness (QED) is 0.582. The lowest BCUT2D eigenvalue weighted by Gasteiger charge is -2.61. The first-order valence-corrected chi connectivity index (χ1v) is 12.7. The van der Waals surface area contributed by atoms with Crippen LogP contribution in [-0.2, 0) is 0 Å². The molecule has 3 unspecified atom stereocenters. The van der Waals surface area contributed by atoms with Gasteiger partial charge in [0, 0.05) is 17.5 Å². The minimum Gasteiger partial charge on any atom is -0.327 e. The molecule has 30 heavy (non-hydrogen) atoms. The lowest BCUT2D eigenvalue weighted by Crippen LogP contribution is -2.55. The summed E-state index contributed by atoms with van der Waals surface area (Å²) in [6.07, 6.45) is 12.2. The van der Waals surface area contributed by atoms with E-state index >= 15 is 0 Å². The molecular weight excluding hydrogens is 366 g/mol. The van der Waals surface area contributed by atoms with Crippen LogP contribution in [0.2, 0.25) is 0 Å². The van der Waals surface area contributed by atoms with E-state index in [0.717, 1.165) is 29.7 Å². The van der Waals surface area contributed by atoms with Gasteiger partial charge in [0.05, 0.1) is 0 Å². The molecule has 4 aliphatic rings. The van der Waals surface area contributed by atoms with Crippen LogP contribution >= 0.6 is 0 Å². The summed E-state index contributed by atoms with van der Waals surface area (Å²) in [6.45, 7) is 7.33. The topological polar surface area (TPSA) is 43.1 Å². The van der Waals surface area contributed by atoms with Gasteiger partial charge in [-0.15, -0.1) is 0 Å². The van der Waals surface area contributed by atoms with Crippen LogP contribution in [0, 0.1) is 46.3 Å². The van der Waals surface area contributed by atoms with Gasteiger partial charge in [0.25, 0.3) is 0 Å². The second kappa shape index (κ2) is 7.47. The predicted octanol–water partition coefficient (Wildman–Crippen LogP) is 6.49. The Morgan fingerprint density at radius 1 is 1.00 bits per heavy atom. The number of Topliss-reactive ketones (excluding diaryl/α,β-unsaturated/α-hetero) is 1. The molecule has 2 heteroatoms. The molecule has 4 aliphatic carbocycles. The third-order valence-electron chi connectivity index (χ3n) is 10.8. The Bertz CT molecular complexity index is 789. The Hall–Kier alpha value is -1.15. The fraction of sp³-hybridized carbons (Fsp3) is 0.750. The van der Waals surface area contributed by atoms with Crippen molar-refractivity contribution in [1.82, 2.24) is 0 Å². The molecule has 4 saturated carbocycles. The molecule has 1 aromatic carbocycles. The van der Waals surface area contributed by atoms with Crippen LogP contribution < -0.4 is 5.73 Å². The van der Waals surface area contributed by atoms with Crippen LogP contribution in [0.15, 0.2) is 30.3 Å². The van der Waals surface area contributed by atoms with Gasteiger partial charge >= 0.3 is 0 Å². The van der Waals surface area contributed by atoms with Crippen molar-refractivity contribution in [3.05, 3.63) is 35.9 Å². The maximum Gasteiger partial charge on any atom is 0.165 e. The Kier molecular flexibility index (Phi) is 5.16. The lowest BCUT2D eigenvalue weighted by atomic mass is 9.44. The van der Waals surface area contributed by atoms with E-state index in [1.165, 1.54) is 51.4 Å². The first kappa shape index (κ1) is 20.7. The van der Waals surface area contributed by atoms with Crippen molar-refractivity contribution in [2.75, 3.05) is 0 Å². The van der Waals surface area contributed by atoms with Crippen molar-refractivity contribution in [3.8, 4) is 0 Å². The summed E-state index contributed by atoms with van der Waals surface area (Å²) in [7, 11) is 0. The first-order valence-electron chi connectivity index (χ1n) is 12.7. The van der Waals surface area contributed by atoms with E-state index in [2.05, 4.69) is 20.8 Å².